The van der Waals surface area contributed by atoms with Crippen molar-refractivity contribution < 1.29 is 5.11 Å². The van der Waals surface area contributed by atoms with Crippen molar-refractivity contribution in [3.63, 3.8) is 0 Å². The minimum Gasteiger partial charge on any atom is -0.507 e. The third-order valence-electron chi connectivity index (χ3n) is 3.34. The molecule has 6 heteroatoms. The molecule has 1 saturated heterocycles. The largest absolute Gasteiger partial charge is 0.507 e. The average Bonchev–Trinajstić information content (AvgIpc) is 2.48. The Morgan fingerprint density at radius 3 is 2.80 bits per heavy atom. The van der Waals surface area contributed by atoms with Crippen molar-refractivity contribution in [2.24, 2.45) is 0 Å². The van der Waals surface area contributed by atoms with E-state index in [1.165, 1.54) is 0 Å². The summed E-state index contributed by atoms with van der Waals surface area (Å²) in [6.45, 7) is 2.64. The Bertz CT molecular complexity index is 610. The van der Waals surface area contributed by atoms with Gasteiger partial charge in [0.05, 0.1) is 17.4 Å². The highest BCUT2D eigenvalue weighted by atomic mass is 16.3. The van der Waals surface area contributed by atoms with Crippen LogP contribution < -0.4 is 16.4 Å². The van der Waals surface area contributed by atoms with Crippen LogP contribution in [-0.2, 0) is 0 Å². The number of aromatic nitrogens is 2. The number of nitrogen functional groups attached to an aromatic ring is 1. The fraction of sp³-hybridized carbons (Fsp3) is 0.286. The third-order valence-corrected chi connectivity index (χ3v) is 3.34. The minimum atomic E-state index is 0.110. The van der Waals surface area contributed by atoms with E-state index in [9.17, 15) is 5.11 Å². The summed E-state index contributed by atoms with van der Waals surface area (Å²) in [6.07, 6.45) is 0. The van der Waals surface area contributed by atoms with Gasteiger partial charge in [0.1, 0.15) is 5.75 Å². The average molecular weight is 271 g/mol. The van der Waals surface area contributed by atoms with E-state index in [1.807, 2.05) is 18.2 Å². The summed E-state index contributed by atoms with van der Waals surface area (Å²) < 4.78 is 0. The van der Waals surface area contributed by atoms with Gasteiger partial charge in [-0.05, 0) is 18.2 Å². The molecule has 1 aliphatic rings. The van der Waals surface area contributed by atoms with Gasteiger partial charge in [0.25, 0.3) is 0 Å². The van der Waals surface area contributed by atoms with Gasteiger partial charge in [0.2, 0.25) is 5.95 Å². The Kier molecular flexibility index (Phi) is 3.49. The van der Waals surface area contributed by atoms with Crippen LogP contribution in [0.5, 0.6) is 5.75 Å². The van der Waals surface area contributed by atoms with Crippen LogP contribution in [0.1, 0.15) is 11.7 Å². The molecule has 5 N–H and O–H groups in total. The highest BCUT2D eigenvalue weighted by Gasteiger charge is 2.18. The molecule has 1 aromatic heterocycles. The lowest BCUT2D eigenvalue weighted by atomic mass is 10.1. The molecule has 2 heterocycles. The van der Waals surface area contributed by atoms with Crippen LogP contribution in [0.3, 0.4) is 0 Å². The number of rotatable bonds is 2. The molecule has 1 atom stereocenters. The third kappa shape index (κ3) is 2.56. The van der Waals surface area contributed by atoms with E-state index in [-0.39, 0.29) is 17.7 Å². The van der Waals surface area contributed by atoms with Crippen molar-refractivity contribution in [3.8, 4) is 17.0 Å². The molecule has 1 unspecified atom stereocenters. The number of anilines is 1. The highest BCUT2D eigenvalue weighted by Crippen LogP contribution is 2.28. The van der Waals surface area contributed by atoms with E-state index in [2.05, 4.69) is 20.6 Å². The zero-order valence-electron chi connectivity index (χ0n) is 11.0. The summed E-state index contributed by atoms with van der Waals surface area (Å²) in [5.74, 6) is 0.402. The number of nitrogens with two attached hydrogens (primary N) is 1. The molecule has 1 aromatic carbocycles. The first kappa shape index (κ1) is 12.8. The van der Waals surface area contributed by atoms with Gasteiger partial charge in [0, 0.05) is 25.2 Å². The van der Waals surface area contributed by atoms with Crippen molar-refractivity contribution in [2.45, 2.75) is 6.04 Å². The van der Waals surface area contributed by atoms with Gasteiger partial charge >= 0.3 is 0 Å². The summed E-state index contributed by atoms with van der Waals surface area (Å²) >= 11 is 0. The molecule has 0 spiro atoms. The number of piperazine rings is 1. The minimum absolute atomic E-state index is 0.110. The van der Waals surface area contributed by atoms with Crippen molar-refractivity contribution >= 4 is 5.95 Å². The van der Waals surface area contributed by atoms with Gasteiger partial charge in [-0.1, -0.05) is 12.1 Å². The monoisotopic (exact) mass is 271 g/mol. The van der Waals surface area contributed by atoms with Crippen LogP contribution in [0, 0.1) is 0 Å². The van der Waals surface area contributed by atoms with Crippen LogP contribution in [-0.4, -0.2) is 34.7 Å². The van der Waals surface area contributed by atoms with Crippen molar-refractivity contribution in [1.82, 2.24) is 20.6 Å². The van der Waals surface area contributed by atoms with E-state index >= 15 is 0 Å². The molecule has 1 aliphatic heterocycles. The number of phenolic OH excluding ortho intramolecular Hbond substituents is 1. The van der Waals surface area contributed by atoms with E-state index < -0.39 is 0 Å². The lowest BCUT2D eigenvalue weighted by Crippen LogP contribution is -2.43. The molecule has 0 amide bonds. The molecule has 0 aliphatic carbocycles. The maximum atomic E-state index is 9.93. The van der Waals surface area contributed by atoms with Crippen molar-refractivity contribution in [1.29, 1.82) is 0 Å². The Morgan fingerprint density at radius 2 is 2.05 bits per heavy atom. The quantitative estimate of drug-likeness (QED) is 0.641. The van der Waals surface area contributed by atoms with Gasteiger partial charge < -0.3 is 21.5 Å². The number of hydrogen-bond acceptors (Lipinski definition) is 6. The second kappa shape index (κ2) is 5.44. The van der Waals surface area contributed by atoms with E-state index in [4.69, 9.17) is 5.73 Å². The second-order valence-electron chi connectivity index (χ2n) is 4.76. The molecule has 104 valence electrons. The maximum absolute atomic E-state index is 9.93. The first-order valence-corrected chi connectivity index (χ1v) is 6.61. The molecule has 0 saturated carbocycles. The number of hydrogen-bond donors (Lipinski definition) is 4. The van der Waals surface area contributed by atoms with Crippen molar-refractivity contribution in [3.05, 3.63) is 36.0 Å². The molecular weight excluding hydrogens is 254 g/mol. The number of nitrogens with one attached hydrogen (secondary N) is 2. The number of nitrogens with zero attached hydrogens (tertiary/aromatic N) is 2. The predicted molar refractivity (Wildman–Crippen MR) is 77.2 cm³/mol. The number of aromatic hydroxyl groups is 1. The number of benzene rings is 1. The summed E-state index contributed by atoms with van der Waals surface area (Å²) in [5, 5.41) is 16.6. The smallest absolute Gasteiger partial charge is 0.220 e. The molecular formula is C14H17N5O. The standard InChI is InChI=1S/C14H17N5O/c15-14-18-10(9-3-1-2-4-13(9)20)7-11(19-14)12-8-16-5-6-17-12/h1-4,7,12,16-17,20H,5-6,8H2,(H2,15,18,19). The van der Waals surface area contributed by atoms with Crippen LogP contribution in [0.4, 0.5) is 5.95 Å². The fourth-order valence-electron chi connectivity index (χ4n) is 2.35. The summed E-state index contributed by atoms with van der Waals surface area (Å²) in [5.41, 5.74) is 7.93. The normalized spacial score (nSPS) is 18.9. The highest BCUT2D eigenvalue weighted by molar-refractivity contribution is 5.67. The maximum Gasteiger partial charge on any atom is 0.220 e. The predicted octanol–water partition coefficient (Wildman–Crippen LogP) is 0.665. The van der Waals surface area contributed by atoms with E-state index in [0.29, 0.717) is 11.3 Å². The molecule has 2 aromatic rings. The Labute approximate surface area is 117 Å². The first-order valence-electron chi connectivity index (χ1n) is 6.61. The zero-order valence-corrected chi connectivity index (χ0v) is 11.0. The SMILES string of the molecule is Nc1nc(-c2ccccc2O)cc(C2CNCCN2)n1. The summed E-state index contributed by atoms with van der Waals surface area (Å²) in [4.78, 5) is 8.51. The summed E-state index contributed by atoms with van der Waals surface area (Å²) in [6, 6.07) is 9.06. The van der Waals surface area contributed by atoms with Crippen LogP contribution in [0.25, 0.3) is 11.3 Å². The molecule has 20 heavy (non-hydrogen) atoms. The Morgan fingerprint density at radius 1 is 1.20 bits per heavy atom. The topological polar surface area (TPSA) is 96.1 Å². The second-order valence-corrected chi connectivity index (χ2v) is 4.76. The fourth-order valence-corrected chi connectivity index (χ4v) is 2.35. The Balaban J connectivity index is 2.00. The van der Waals surface area contributed by atoms with Crippen LogP contribution in [0.15, 0.2) is 30.3 Å². The number of para-hydroxylation sites is 1. The van der Waals surface area contributed by atoms with E-state index in [1.54, 1.807) is 12.1 Å². The summed E-state index contributed by atoms with van der Waals surface area (Å²) in [7, 11) is 0. The van der Waals surface area contributed by atoms with Crippen LogP contribution >= 0.6 is 0 Å². The molecule has 3 rings (SSSR count). The molecule has 0 radical (unpaired) electrons. The first-order chi connectivity index (χ1) is 9.74. The van der Waals surface area contributed by atoms with Crippen LogP contribution in [0.2, 0.25) is 0 Å². The Hall–Kier alpha value is -2.18. The lowest BCUT2D eigenvalue weighted by molar-refractivity contribution is 0.423. The lowest BCUT2D eigenvalue weighted by Gasteiger charge is -2.24. The van der Waals surface area contributed by atoms with Gasteiger partial charge in [-0.15, -0.1) is 0 Å². The van der Waals surface area contributed by atoms with E-state index in [0.717, 1.165) is 25.3 Å². The molecule has 0 bridgehead atoms. The number of phenols is 1. The van der Waals surface area contributed by atoms with Gasteiger partial charge in [0.15, 0.2) is 0 Å². The van der Waals surface area contributed by atoms with Gasteiger partial charge in [-0.3, -0.25) is 0 Å². The van der Waals surface area contributed by atoms with Gasteiger partial charge in [-0.25, -0.2) is 9.97 Å². The molecule has 6 nitrogen and oxygen atoms in total. The van der Waals surface area contributed by atoms with Crippen molar-refractivity contribution in [2.75, 3.05) is 25.4 Å². The zero-order chi connectivity index (χ0) is 13.9. The van der Waals surface area contributed by atoms with Gasteiger partial charge in [-0.2, -0.15) is 0 Å². The molecule has 1 fully saturated rings.